The van der Waals surface area contributed by atoms with E-state index in [0.717, 1.165) is 31.0 Å². The molecule has 0 saturated carbocycles. The number of aromatic nitrogens is 2. The molecule has 1 aliphatic rings. The summed E-state index contributed by atoms with van der Waals surface area (Å²) in [5, 5.41) is 4.56. The SMILES string of the molecule is CC1(C)Cc2ccc(Cl)cc2C1NCCCn1ccnc1. The Bertz CT molecular complexity index is 605. The molecule has 0 saturated heterocycles. The van der Waals surface area contributed by atoms with Gasteiger partial charge in [-0.15, -0.1) is 0 Å². The molecule has 1 unspecified atom stereocenters. The number of hydrogen-bond donors (Lipinski definition) is 1. The van der Waals surface area contributed by atoms with E-state index in [-0.39, 0.29) is 5.41 Å². The Hall–Kier alpha value is -1.32. The summed E-state index contributed by atoms with van der Waals surface area (Å²) >= 11 is 6.17. The molecule has 1 aromatic heterocycles. The average Bonchev–Trinajstić information content (AvgIpc) is 3.01. The third-order valence-corrected chi connectivity index (χ3v) is 4.58. The molecule has 2 aromatic rings. The number of aryl methyl sites for hydroxylation is 1. The van der Waals surface area contributed by atoms with Gasteiger partial charge in [0.25, 0.3) is 0 Å². The van der Waals surface area contributed by atoms with Crippen LogP contribution in [-0.2, 0) is 13.0 Å². The minimum atomic E-state index is 0.238. The van der Waals surface area contributed by atoms with Gasteiger partial charge in [0.15, 0.2) is 0 Å². The van der Waals surface area contributed by atoms with Crippen LogP contribution in [0.4, 0.5) is 0 Å². The van der Waals surface area contributed by atoms with Crippen molar-refractivity contribution >= 4 is 11.6 Å². The normalized spacial score (nSPS) is 19.7. The highest BCUT2D eigenvalue weighted by Crippen LogP contribution is 2.45. The van der Waals surface area contributed by atoms with Gasteiger partial charge in [-0.1, -0.05) is 31.5 Å². The molecule has 0 radical (unpaired) electrons. The molecule has 1 aromatic carbocycles. The van der Waals surface area contributed by atoms with Crippen LogP contribution in [0, 0.1) is 5.41 Å². The molecule has 1 aliphatic carbocycles. The second-order valence-corrected chi connectivity index (χ2v) is 6.99. The van der Waals surface area contributed by atoms with Crippen LogP contribution in [0.3, 0.4) is 0 Å². The van der Waals surface area contributed by atoms with Crippen molar-refractivity contribution in [2.24, 2.45) is 5.41 Å². The molecule has 1 heterocycles. The molecule has 3 nitrogen and oxygen atoms in total. The summed E-state index contributed by atoms with van der Waals surface area (Å²) in [6.45, 7) is 6.66. The van der Waals surface area contributed by atoms with Crippen molar-refractivity contribution in [1.29, 1.82) is 0 Å². The highest BCUT2D eigenvalue weighted by Gasteiger charge is 2.38. The molecule has 112 valence electrons. The van der Waals surface area contributed by atoms with Gasteiger partial charge in [0.2, 0.25) is 0 Å². The van der Waals surface area contributed by atoms with Crippen molar-refractivity contribution in [3.05, 3.63) is 53.1 Å². The van der Waals surface area contributed by atoms with E-state index in [4.69, 9.17) is 11.6 Å². The first-order chi connectivity index (χ1) is 10.1. The van der Waals surface area contributed by atoms with Gasteiger partial charge in [0, 0.05) is 30.0 Å². The van der Waals surface area contributed by atoms with Gasteiger partial charge in [-0.3, -0.25) is 0 Å². The number of nitrogens with one attached hydrogen (secondary N) is 1. The molecule has 3 rings (SSSR count). The number of benzene rings is 1. The second kappa shape index (κ2) is 5.82. The van der Waals surface area contributed by atoms with E-state index in [0.29, 0.717) is 6.04 Å². The van der Waals surface area contributed by atoms with Crippen molar-refractivity contribution in [2.75, 3.05) is 6.54 Å². The first kappa shape index (κ1) is 14.6. The predicted molar refractivity (Wildman–Crippen MR) is 86.5 cm³/mol. The summed E-state index contributed by atoms with van der Waals surface area (Å²) in [7, 11) is 0. The second-order valence-electron chi connectivity index (χ2n) is 6.55. The lowest BCUT2D eigenvalue weighted by Gasteiger charge is -2.28. The molecule has 0 amide bonds. The molecule has 1 atom stereocenters. The Kier molecular flexibility index (Phi) is 4.05. The van der Waals surface area contributed by atoms with E-state index < -0.39 is 0 Å². The standard InChI is InChI=1S/C17H22ClN3/c1-17(2)11-13-4-5-14(18)10-15(13)16(17)20-6-3-8-21-9-7-19-12-21/h4-5,7,9-10,12,16,20H,3,6,8,11H2,1-2H3. The highest BCUT2D eigenvalue weighted by molar-refractivity contribution is 6.30. The Morgan fingerprint density at radius 2 is 2.29 bits per heavy atom. The van der Waals surface area contributed by atoms with Gasteiger partial charge in [-0.05, 0) is 48.1 Å². The van der Waals surface area contributed by atoms with Gasteiger partial charge in [-0.25, -0.2) is 4.98 Å². The first-order valence-electron chi connectivity index (χ1n) is 7.54. The maximum absolute atomic E-state index is 6.17. The van der Waals surface area contributed by atoms with Crippen LogP contribution in [0.2, 0.25) is 5.02 Å². The summed E-state index contributed by atoms with van der Waals surface area (Å²) in [6, 6.07) is 6.68. The van der Waals surface area contributed by atoms with E-state index in [2.05, 4.69) is 40.8 Å². The zero-order valence-electron chi connectivity index (χ0n) is 12.6. The van der Waals surface area contributed by atoms with Crippen molar-refractivity contribution in [2.45, 2.75) is 39.3 Å². The Morgan fingerprint density at radius 1 is 1.43 bits per heavy atom. The molecular formula is C17H22ClN3. The fraction of sp³-hybridized carbons (Fsp3) is 0.471. The average molecular weight is 304 g/mol. The van der Waals surface area contributed by atoms with Crippen molar-refractivity contribution in [3.8, 4) is 0 Å². The minimum Gasteiger partial charge on any atom is -0.337 e. The van der Waals surface area contributed by atoms with E-state index in [1.54, 1.807) is 0 Å². The molecule has 1 N–H and O–H groups in total. The number of hydrogen-bond acceptors (Lipinski definition) is 2. The molecule has 0 spiro atoms. The van der Waals surface area contributed by atoms with Crippen molar-refractivity contribution in [1.82, 2.24) is 14.9 Å². The van der Waals surface area contributed by atoms with Gasteiger partial charge in [0.1, 0.15) is 0 Å². The van der Waals surface area contributed by atoms with Crippen LogP contribution in [0.15, 0.2) is 36.9 Å². The summed E-state index contributed by atoms with van der Waals surface area (Å²) in [6.07, 6.45) is 7.91. The van der Waals surface area contributed by atoms with E-state index in [9.17, 15) is 0 Å². The van der Waals surface area contributed by atoms with Gasteiger partial charge >= 0.3 is 0 Å². The smallest absolute Gasteiger partial charge is 0.0945 e. The Balaban J connectivity index is 1.63. The predicted octanol–water partition coefficient (Wildman–Crippen LogP) is 3.84. The quantitative estimate of drug-likeness (QED) is 0.851. The van der Waals surface area contributed by atoms with Crippen LogP contribution in [-0.4, -0.2) is 16.1 Å². The van der Waals surface area contributed by atoms with E-state index in [1.807, 2.05) is 24.8 Å². The molecule has 21 heavy (non-hydrogen) atoms. The number of halogens is 1. The van der Waals surface area contributed by atoms with Crippen LogP contribution in [0.1, 0.15) is 37.4 Å². The largest absolute Gasteiger partial charge is 0.337 e. The molecule has 0 bridgehead atoms. The van der Waals surface area contributed by atoms with E-state index >= 15 is 0 Å². The monoisotopic (exact) mass is 303 g/mol. The van der Waals surface area contributed by atoms with Gasteiger partial charge in [-0.2, -0.15) is 0 Å². The molecule has 0 aliphatic heterocycles. The molecule has 4 heteroatoms. The lowest BCUT2D eigenvalue weighted by atomic mass is 9.85. The van der Waals surface area contributed by atoms with Crippen LogP contribution >= 0.6 is 11.6 Å². The van der Waals surface area contributed by atoms with Crippen molar-refractivity contribution < 1.29 is 0 Å². The maximum Gasteiger partial charge on any atom is 0.0945 e. The Morgan fingerprint density at radius 3 is 3.05 bits per heavy atom. The van der Waals surface area contributed by atoms with E-state index in [1.165, 1.54) is 11.1 Å². The third-order valence-electron chi connectivity index (χ3n) is 4.35. The fourth-order valence-electron chi connectivity index (χ4n) is 3.32. The number of nitrogens with zero attached hydrogens (tertiary/aromatic N) is 2. The van der Waals surface area contributed by atoms with Crippen LogP contribution in [0.25, 0.3) is 0 Å². The Labute approximate surface area is 131 Å². The topological polar surface area (TPSA) is 29.9 Å². The zero-order chi connectivity index (χ0) is 14.9. The van der Waals surface area contributed by atoms with Gasteiger partial charge in [0.05, 0.1) is 6.33 Å². The first-order valence-corrected chi connectivity index (χ1v) is 7.91. The van der Waals surface area contributed by atoms with Crippen LogP contribution in [0.5, 0.6) is 0 Å². The highest BCUT2D eigenvalue weighted by atomic mass is 35.5. The number of fused-ring (bicyclic) bond motifs is 1. The fourth-order valence-corrected chi connectivity index (χ4v) is 3.50. The lowest BCUT2D eigenvalue weighted by Crippen LogP contribution is -2.32. The number of imidazole rings is 1. The summed E-state index contributed by atoms with van der Waals surface area (Å²) in [5.41, 5.74) is 3.04. The molecule has 0 fully saturated rings. The summed E-state index contributed by atoms with van der Waals surface area (Å²) < 4.78 is 2.12. The maximum atomic E-state index is 6.17. The van der Waals surface area contributed by atoms with Gasteiger partial charge < -0.3 is 9.88 Å². The summed E-state index contributed by atoms with van der Waals surface area (Å²) in [4.78, 5) is 4.07. The number of rotatable bonds is 5. The summed E-state index contributed by atoms with van der Waals surface area (Å²) in [5.74, 6) is 0. The van der Waals surface area contributed by atoms with Crippen LogP contribution < -0.4 is 5.32 Å². The third kappa shape index (κ3) is 3.14. The lowest BCUT2D eigenvalue weighted by molar-refractivity contribution is 0.268. The minimum absolute atomic E-state index is 0.238. The molecular weight excluding hydrogens is 282 g/mol. The van der Waals surface area contributed by atoms with Crippen molar-refractivity contribution in [3.63, 3.8) is 0 Å². The zero-order valence-corrected chi connectivity index (χ0v) is 13.4.